The lowest BCUT2D eigenvalue weighted by molar-refractivity contribution is -0.0452. The van der Waals surface area contributed by atoms with Gasteiger partial charge < -0.3 is 9.84 Å². The number of ether oxygens (including phenoxy) is 1. The van der Waals surface area contributed by atoms with Crippen LogP contribution in [0.1, 0.15) is 39.5 Å². The molecule has 1 aliphatic carbocycles. The molecule has 2 fully saturated rings. The standard InChI is InChI=1S/C15H29NO2/c1-11-7-12(2)15(14(17)8-11)16-6-4-5-13(9-16)10-18-3/h11-15,17H,4-10H2,1-3H3. The Balaban J connectivity index is 1.96. The number of likely N-dealkylation sites (tertiary alicyclic amines) is 1. The molecule has 0 amide bonds. The van der Waals surface area contributed by atoms with E-state index in [1.807, 2.05) is 0 Å². The lowest BCUT2D eigenvalue weighted by Crippen LogP contribution is -2.54. The van der Waals surface area contributed by atoms with Crippen molar-refractivity contribution in [3.8, 4) is 0 Å². The van der Waals surface area contributed by atoms with Gasteiger partial charge in [-0.05, 0) is 50.0 Å². The largest absolute Gasteiger partial charge is 0.391 e. The molecule has 3 heteroatoms. The van der Waals surface area contributed by atoms with Crippen LogP contribution in [0.4, 0.5) is 0 Å². The fraction of sp³-hybridized carbons (Fsp3) is 1.00. The average Bonchev–Trinajstić information content (AvgIpc) is 2.28. The van der Waals surface area contributed by atoms with Crippen LogP contribution in [0.5, 0.6) is 0 Å². The molecule has 0 spiro atoms. The molecule has 1 heterocycles. The van der Waals surface area contributed by atoms with E-state index in [1.54, 1.807) is 7.11 Å². The molecule has 18 heavy (non-hydrogen) atoms. The zero-order valence-electron chi connectivity index (χ0n) is 12.1. The van der Waals surface area contributed by atoms with Crippen LogP contribution >= 0.6 is 0 Å². The molecule has 1 aliphatic heterocycles. The predicted molar refractivity (Wildman–Crippen MR) is 73.5 cm³/mol. The zero-order valence-corrected chi connectivity index (χ0v) is 12.1. The number of piperidine rings is 1. The molecule has 106 valence electrons. The van der Waals surface area contributed by atoms with Gasteiger partial charge in [-0.15, -0.1) is 0 Å². The van der Waals surface area contributed by atoms with E-state index in [9.17, 15) is 5.11 Å². The van der Waals surface area contributed by atoms with E-state index in [1.165, 1.54) is 19.3 Å². The number of hydrogen-bond donors (Lipinski definition) is 1. The van der Waals surface area contributed by atoms with Gasteiger partial charge in [0.1, 0.15) is 0 Å². The van der Waals surface area contributed by atoms with Gasteiger partial charge in [-0.3, -0.25) is 4.90 Å². The topological polar surface area (TPSA) is 32.7 Å². The van der Waals surface area contributed by atoms with Crippen molar-refractivity contribution in [2.75, 3.05) is 26.8 Å². The van der Waals surface area contributed by atoms with Gasteiger partial charge in [0.25, 0.3) is 0 Å². The van der Waals surface area contributed by atoms with Crippen molar-refractivity contribution in [3.05, 3.63) is 0 Å². The van der Waals surface area contributed by atoms with Crippen LogP contribution in [-0.4, -0.2) is 49.0 Å². The highest BCUT2D eigenvalue weighted by Gasteiger charge is 2.38. The second-order valence-electron chi connectivity index (χ2n) is 6.57. The molecule has 2 rings (SSSR count). The number of rotatable bonds is 3. The van der Waals surface area contributed by atoms with E-state index in [-0.39, 0.29) is 6.10 Å². The van der Waals surface area contributed by atoms with Crippen LogP contribution in [0.25, 0.3) is 0 Å². The van der Waals surface area contributed by atoms with Crippen molar-refractivity contribution >= 4 is 0 Å². The van der Waals surface area contributed by atoms with Gasteiger partial charge in [0, 0.05) is 19.7 Å². The molecule has 0 aromatic rings. The second kappa shape index (κ2) is 6.36. The van der Waals surface area contributed by atoms with E-state index in [0.29, 0.717) is 23.8 Å². The summed E-state index contributed by atoms with van der Waals surface area (Å²) in [5.74, 6) is 1.94. The van der Waals surface area contributed by atoms with E-state index in [4.69, 9.17) is 4.74 Å². The molecule has 1 N–H and O–H groups in total. The fourth-order valence-corrected chi connectivity index (χ4v) is 4.14. The first-order chi connectivity index (χ1) is 8.61. The summed E-state index contributed by atoms with van der Waals surface area (Å²) in [6.07, 6.45) is 4.62. The van der Waals surface area contributed by atoms with Crippen molar-refractivity contribution in [3.63, 3.8) is 0 Å². The Labute approximate surface area is 112 Å². The highest BCUT2D eigenvalue weighted by molar-refractivity contribution is 4.91. The molecule has 1 saturated heterocycles. The van der Waals surface area contributed by atoms with Crippen molar-refractivity contribution in [2.24, 2.45) is 17.8 Å². The molecule has 0 radical (unpaired) electrons. The molecule has 0 aromatic heterocycles. The third-order valence-corrected chi connectivity index (χ3v) is 4.77. The normalized spacial score (nSPS) is 43.0. The monoisotopic (exact) mass is 255 g/mol. The summed E-state index contributed by atoms with van der Waals surface area (Å²) in [6.45, 7) is 7.70. The smallest absolute Gasteiger partial charge is 0.0700 e. The Hall–Kier alpha value is -0.120. The third kappa shape index (κ3) is 3.25. The van der Waals surface area contributed by atoms with Gasteiger partial charge in [0.15, 0.2) is 0 Å². The maximum atomic E-state index is 10.4. The number of aliphatic hydroxyl groups excluding tert-OH is 1. The minimum atomic E-state index is -0.134. The van der Waals surface area contributed by atoms with Gasteiger partial charge in [0.2, 0.25) is 0 Å². The van der Waals surface area contributed by atoms with Gasteiger partial charge in [0.05, 0.1) is 12.7 Å². The maximum absolute atomic E-state index is 10.4. The Morgan fingerprint density at radius 1 is 1.28 bits per heavy atom. The van der Waals surface area contributed by atoms with E-state index < -0.39 is 0 Å². The first kappa shape index (κ1) is 14.3. The summed E-state index contributed by atoms with van der Waals surface area (Å²) in [5.41, 5.74) is 0. The van der Waals surface area contributed by atoms with Gasteiger partial charge >= 0.3 is 0 Å². The highest BCUT2D eigenvalue weighted by Crippen LogP contribution is 2.34. The molecule has 1 saturated carbocycles. The maximum Gasteiger partial charge on any atom is 0.0700 e. The predicted octanol–water partition coefficient (Wildman–Crippen LogP) is 2.14. The van der Waals surface area contributed by atoms with E-state index in [2.05, 4.69) is 18.7 Å². The van der Waals surface area contributed by atoms with Gasteiger partial charge in [-0.1, -0.05) is 13.8 Å². The highest BCUT2D eigenvalue weighted by atomic mass is 16.5. The van der Waals surface area contributed by atoms with Crippen molar-refractivity contribution in [2.45, 2.75) is 51.7 Å². The van der Waals surface area contributed by atoms with Gasteiger partial charge in [-0.2, -0.15) is 0 Å². The summed E-state index contributed by atoms with van der Waals surface area (Å²) in [7, 11) is 1.79. The number of aliphatic hydroxyl groups is 1. The lowest BCUT2D eigenvalue weighted by Gasteiger charge is -2.46. The third-order valence-electron chi connectivity index (χ3n) is 4.77. The molecule has 2 aliphatic rings. The Morgan fingerprint density at radius 3 is 2.72 bits per heavy atom. The molecule has 5 atom stereocenters. The fourth-order valence-electron chi connectivity index (χ4n) is 4.14. The minimum Gasteiger partial charge on any atom is -0.391 e. The molecule has 3 nitrogen and oxygen atoms in total. The molecular weight excluding hydrogens is 226 g/mol. The van der Waals surface area contributed by atoms with E-state index in [0.717, 1.165) is 26.1 Å². The zero-order chi connectivity index (χ0) is 13.1. The molecular formula is C15H29NO2. The van der Waals surface area contributed by atoms with Crippen molar-refractivity contribution in [1.29, 1.82) is 0 Å². The minimum absolute atomic E-state index is 0.134. The first-order valence-electron chi connectivity index (χ1n) is 7.52. The SMILES string of the molecule is COCC1CCCN(C2C(C)CC(C)CC2O)C1. The molecule has 5 unspecified atom stereocenters. The quantitative estimate of drug-likeness (QED) is 0.838. The second-order valence-corrected chi connectivity index (χ2v) is 6.57. The summed E-state index contributed by atoms with van der Waals surface area (Å²) < 4.78 is 5.30. The van der Waals surface area contributed by atoms with Crippen LogP contribution in [-0.2, 0) is 4.74 Å². The van der Waals surface area contributed by atoms with Gasteiger partial charge in [-0.25, -0.2) is 0 Å². The van der Waals surface area contributed by atoms with E-state index >= 15 is 0 Å². The Morgan fingerprint density at radius 2 is 2.06 bits per heavy atom. The number of nitrogens with zero attached hydrogens (tertiary/aromatic N) is 1. The van der Waals surface area contributed by atoms with Crippen molar-refractivity contribution in [1.82, 2.24) is 4.90 Å². The molecule has 0 bridgehead atoms. The Bertz CT molecular complexity index is 245. The Kier molecular flexibility index (Phi) is 5.05. The van der Waals surface area contributed by atoms with Crippen LogP contribution in [0.15, 0.2) is 0 Å². The average molecular weight is 255 g/mol. The molecule has 0 aromatic carbocycles. The van der Waals surface area contributed by atoms with Crippen LogP contribution in [0, 0.1) is 17.8 Å². The van der Waals surface area contributed by atoms with Crippen molar-refractivity contribution < 1.29 is 9.84 Å². The first-order valence-corrected chi connectivity index (χ1v) is 7.52. The summed E-state index contributed by atoms with van der Waals surface area (Å²) in [5, 5.41) is 10.4. The summed E-state index contributed by atoms with van der Waals surface area (Å²) >= 11 is 0. The van der Waals surface area contributed by atoms with Crippen LogP contribution < -0.4 is 0 Å². The number of methoxy groups -OCH3 is 1. The number of hydrogen-bond acceptors (Lipinski definition) is 3. The summed E-state index contributed by atoms with van der Waals surface area (Å²) in [4.78, 5) is 2.54. The van der Waals surface area contributed by atoms with Crippen LogP contribution in [0.3, 0.4) is 0 Å². The van der Waals surface area contributed by atoms with Crippen LogP contribution in [0.2, 0.25) is 0 Å². The lowest BCUT2D eigenvalue weighted by atomic mass is 9.76. The summed E-state index contributed by atoms with van der Waals surface area (Å²) in [6, 6.07) is 0.376.